The number of rotatable bonds is 7. The lowest BCUT2D eigenvalue weighted by Crippen LogP contribution is -2.38. The number of nitrogens with one attached hydrogen (secondary N) is 2. The molecule has 26 heavy (non-hydrogen) atoms. The Balaban J connectivity index is 1.81. The zero-order chi connectivity index (χ0) is 18.8. The molecule has 1 saturated heterocycles. The van der Waals surface area contributed by atoms with Gasteiger partial charge in [-0.3, -0.25) is 14.4 Å². The van der Waals surface area contributed by atoms with Crippen molar-refractivity contribution in [3.63, 3.8) is 0 Å². The smallest absolute Gasteiger partial charge is 0.313 e. The monoisotopic (exact) mass is 363 g/mol. The molecule has 2 amide bonds. The fourth-order valence-electron chi connectivity index (χ4n) is 2.62. The van der Waals surface area contributed by atoms with Gasteiger partial charge in [-0.1, -0.05) is 12.1 Å². The summed E-state index contributed by atoms with van der Waals surface area (Å²) in [7, 11) is 1.34. The first-order valence-electron chi connectivity index (χ1n) is 8.69. The van der Waals surface area contributed by atoms with Crippen LogP contribution in [0.2, 0.25) is 0 Å². The number of unbranched alkanes of at least 4 members (excludes halogenated alkanes) is 1. The summed E-state index contributed by atoms with van der Waals surface area (Å²) in [6, 6.07) is 7.38. The van der Waals surface area contributed by atoms with E-state index in [0.717, 1.165) is 18.8 Å². The summed E-state index contributed by atoms with van der Waals surface area (Å²) < 4.78 is 9.89. The fourth-order valence-corrected chi connectivity index (χ4v) is 2.62. The predicted molar refractivity (Wildman–Crippen MR) is 97.0 cm³/mol. The van der Waals surface area contributed by atoms with Crippen LogP contribution >= 0.6 is 0 Å². The Kier molecular flexibility index (Phi) is 7.88. The van der Waals surface area contributed by atoms with Crippen molar-refractivity contribution in [1.82, 2.24) is 5.32 Å². The summed E-state index contributed by atoms with van der Waals surface area (Å²) in [5.41, 5.74) is 1.47. The Morgan fingerprint density at radius 3 is 2.58 bits per heavy atom. The maximum Gasteiger partial charge on any atom is 0.313 e. The second-order valence-electron chi connectivity index (χ2n) is 5.86. The van der Waals surface area contributed by atoms with Crippen LogP contribution in [-0.2, 0) is 23.9 Å². The third kappa shape index (κ3) is 6.03. The molecule has 0 spiro atoms. The van der Waals surface area contributed by atoms with E-state index in [1.54, 1.807) is 6.07 Å². The number of ether oxygens (including phenoxy) is 2. The molecule has 0 bridgehead atoms. The zero-order valence-corrected chi connectivity index (χ0v) is 15.0. The van der Waals surface area contributed by atoms with Crippen LogP contribution in [0.25, 0.3) is 0 Å². The summed E-state index contributed by atoms with van der Waals surface area (Å²) in [4.78, 5) is 37.2. The lowest BCUT2D eigenvalue weighted by molar-refractivity contribution is -0.140. The molecule has 0 unspecified atom stereocenters. The Labute approximate surface area is 152 Å². The SMILES string of the molecule is COC(=O)CCCCNC(=O)C(=O)Nc1ccccc1N1CCOCC1. The number of carbonyl (C=O) groups excluding carboxylic acids is 3. The van der Waals surface area contributed by atoms with Crippen molar-refractivity contribution in [2.75, 3.05) is 50.2 Å². The minimum absolute atomic E-state index is 0.284. The normalized spacial score (nSPS) is 13.8. The maximum atomic E-state index is 12.1. The number of nitrogens with zero attached hydrogens (tertiary/aromatic N) is 1. The van der Waals surface area contributed by atoms with Gasteiger partial charge in [0.05, 0.1) is 31.7 Å². The average Bonchev–Trinajstić information content (AvgIpc) is 2.68. The number of para-hydroxylation sites is 2. The number of amides is 2. The molecule has 1 aromatic rings. The molecule has 0 saturated carbocycles. The van der Waals surface area contributed by atoms with Crippen LogP contribution in [0.1, 0.15) is 19.3 Å². The standard InChI is InChI=1S/C18H25N3O5/c1-25-16(22)8-4-5-9-19-17(23)18(24)20-14-6-2-3-7-15(14)21-10-12-26-13-11-21/h2-3,6-7H,4-5,8-13H2,1H3,(H,19,23)(H,20,24). The number of methoxy groups -OCH3 is 1. The van der Waals surface area contributed by atoms with Crippen molar-refractivity contribution in [3.05, 3.63) is 24.3 Å². The van der Waals surface area contributed by atoms with E-state index in [1.807, 2.05) is 18.2 Å². The summed E-state index contributed by atoms with van der Waals surface area (Å²) in [6.45, 7) is 3.07. The molecule has 2 N–H and O–H groups in total. The highest BCUT2D eigenvalue weighted by Crippen LogP contribution is 2.26. The van der Waals surface area contributed by atoms with Crippen molar-refractivity contribution in [2.24, 2.45) is 0 Å². The number of hydrogen-bond acceptors (Lipinski definition) is 6. The second-order valence-corrected chi connectivity index (χ2v) is 5.86. The molecule has 0 aliphatic carbocycles. The number of benzene rings is 1. The van der Waals surface area contributed by atoms with Gasteiger partial charge < -0.3 is 25.0 Å². The number of esters is 1. The number of hydrogen-bond donors (Lipinski definition) is 2. The molecule has 0 aromatic heterocycles. The van der Waals surface area contributed by atoms with Crippen LogP contribution in [0.3, 0.4) is 0 Å². The van der Waals surface area contributed by atoms with Gasteiger partial charge in [-0.05, 0) is 25.0 Å². The van der Waals surface area contributed by atoms with Crippen LogP contribution in [-0.4, -0.2) is 57.7 Å². The minimum atomic E-state index is -0.710. The minimum Gasteiger partial charge on any atom is -0.469 e. The number of anilines is 2. The van der Waals surface area contributed by atoms with Crippen LogP contribution in [0.15, 0.2) is 24.3 Å². The average molecular weight is 363 g/mol. The topological polar surface area (TPSA) is 97.0 Å². The third-order valence-corrected chi connectivity index (χ3v) is 4.03. The molecule has 142 valence electrons. The van der Waals surface area contributed by atoms with E-state index in [0.29, 0.717) is 44.7 Å². The van der Waals surface area contributed by atoms with Crippen LogP contribution in [0, 0.1) is 0 Å². The highest BCUT2D eigenvalue weighted by molar-refractivity contribution is 6.39. The van der Waals surface area contributed by atoms with Gasteiger partial charge in [-0.2, -0.15) is 0 Å². The van der Waals surface area contributed by atoms with Gasteiger partial charge in [0.1, 0.15) is 0 Å². The number of morpholine rings is 1. The molecule has 0 atom stereocenters. The first-order valence-corrected chi connectivity index (χ1v) is 8.69. The first-order chi connectivity index (χ1) is 12.6. The second kappa shape index (κ2) is 10.4. The van der Waals surface area contributed by atoms with Gasteiger partial charge in [0.15, 0.2) is 0 Å². The van der Waals surface area contributed by atoms with Crippen LogP contribution < -0.4 is 15.5 Å². The van der Waals surface area contributed by atoms with E-state index in [4.69, 9.17) is 4.74 Å². The van der Waals surface area contributed by atoms with Crippen molar-refractivity contribution >= 4 is 29.2 Å². The summed E-state index contributed by atoms with van der Waals surface area (Å²) in [6.07, 6.45) is 1.48. The van der Waals surface area contributed by atoms with E-state index >= 15 is 0 Å². The summed E-state index contributed by atoms with van der Waals surface area (Å²) in [5.74, 6) is -1.69. The Morgan fingerprint density at radius 2 is 1.85 bits per heavy atom. The summed E-state index contributed by atoms with van der Waals surface area (Å²) in [5, 5.41) is 5.23. The lowest BCUT2D eigenvalue weighted by Gasteiger charge is -2.30. The maximum absolute atomic E-state index is 12.1. The molecule has 8 nitrogen and oxygen atoms in total. The van der Waals surface area contributed by atoms with Gasteiger partial charge in [-0.25, -0.2) is 0 Å². The molecule has 1 aliphatic rings. The zero-order valence-electron chi connectivity index (χ0n) is 15.0. The highest BCUT2D eigenvalue weighted by Gasteiger charge is 2.18. The van der Waals surface area contributed by atoms with Gasteiger partial charge in [0, 0.05) is 26.1 Å². The van der Waals surface area contributed by atoms with Gasteiger partial charge in [0.2, 0.25) is 0 Å². The van der Waals surface area contributed by atoms with Gasteiger partial charge >= 0.3 is 17.8 Å². The molecule has 1 aromatic carbocycles. The van der Waals surface area contributed by atoms with E-state index in [-0.39, 0.29) is 5.97 Å². The molecular weight excluding hydrogens is 338 g/mol. The lowest BCUT2D eigenvalue weighted by atomic mass is 10.2. The molecule has 1 aliphatic heterocycles. The van der Waals surface area contributed by atoms with Crippen molar-refractivity contribution < 1.29 is 23.9 Å². The predicted octanol–water partition coefficient (Wildman–Crippen LogP) is 0.921. The van der Waals surface area contributed by atoms with E-state index in [2.05, 4.69) is 20.3 Å². The Bertz CT molecular complexity index is 629. The molecule has 0 radical (unpaired) electrons. The third-order valence-electron chi connectivity index (χ3n) is 4.03. The van der Waals surface area contributed by atoms with Crippen LogP contribution in [0.4, 0.5) is 11.4 Å². The quantitative estimate of drug-likeness (QED) is 0.425. The Hall–Kier alpha value is -2.61. The fraction of sp³-hybridized carbons (Fsp3) is 0.500. The first kappa shape index (κ1) is 19.7. The molecule has 1 heterocycles. The summed E-state index contributed by atoms with van der Waals surface area (Å²) >= 11 is 0. The largest absolute Gasteiger partial charge is 0.469 e. The van der Waals surface area contributed by atoms with E-state index in [9.17, 15) is 14.4 Å². The molecule has 8 heteroatoms. The van der Waals surface area contributed by atoms with Crippen molar-refractivity contribution in [2.45, 2.75) is 19.3 Å². The Morgan fingerprint density at radius 1 is 1.12 bits per heavy atom. The van der Waals surface area contributed by atoms with E-state index in [1.165, 1.54) is 7.11 Å². The van der Waals surface area contributed by atoms with Crippen molar-refractivity contribution in [3.8, 4) is 0 Å². The van der Waals surface area contributed by atoms with Gasteiger partial charge in [-0.15, -0.1) is 0 Å². The van der Waals surface area contributed by atoms with Gasteiger partial charge in [0.25, 0.3) is 0 Å². The number of carbonyl (C=O) groups is 3. The van der Waals surface area contributed by atoms with Crippen molar-refractivity contribution in [1.29, 1.82) is 0 Å². The molecule has 1 fully saturated rings. The van der Waals surface area contributed by atoms with Crippen LogP contribution in [0.5, 0.6) is 0 Å². The molecular formula is C18H25N3O5. The highest BCUT2D eigenvalue weighted by atomic mass is 16.5. The van der Waals surface area contributed by atoms with E-state index < -0.39 is 11.8 Å². The molecule has 2 rings (SSSR count).